The summed E-state index contributed by atoms with van der Waals surface area (Å²) >= 11 is 0. The van der Waals surface area contributed by atoms with Gasteiger partial charge in [-0.15, -0.1) is 0 Å². The zero-order valence-corrected chi connectivity index (χ0v) is 14.4. The van der Waals surface area contributed by atoms with Gasteiger partial charge in [0, 0.05) is 5.69 Å². The van der Waals surface area contributed by atoms with Crippen LogP contribution in [0.5, 0.6) is 0 Å². The molecule has 0 bridgehead atoms. The van der Waals surface area contributed by atoms with Crippen LogP contribution < -0.4 is 11.2 Å². The summed E-state index contributed by atoms with van der Waals surface area (Å²) in [5, 5.41) is 7.35. The molecule has 0 atom stereocenters. The first-order valence-electron chi connectivity index (χ1n) is 8.62. The summed E-state index contributed by atoms with van der Waals surface area (Å²) in [5.41, 5.74) is 7.03. The van der Waals surface area contributed by atoms with E-state index >= 15 is 0 Å². The topological polar surface area (TPSA) is 26.0 Å². The molecule has 5 aromatic rings. The van der Waals surface area contributed by atoms with Crippen LogP contribution in [0.25, 0.3) is 32.3 Å². The van der Waals surface area contributed by atoms with Crippen molar-refractivity contribution in [3.05, 3.63) is 97.1 Å². The highest BCUT2D eigenvalue weighted by atomic mass is 14.5. The van der Waals surface area contributed by atoms with Crippen LogP contribution in [0, 0.1) is 0 Å². The summed E-state index contributed by atoms with van der Waals surface area (Å²) in [4.78, 5) is 0. The molecular weight excluding hydrogens is 313 g/mol. The molecule has 0 aliphatic rings. The smallest absolute Gasteiger partial charge is 0.114 e. The normalized spacial score (nSPS) is 10.6. The molecule has 0 heterocycles. The maximum Gasteiger partial charge on any atom is 0.114 e. The van der Waals surface area contributed by atoms with Crippen molar-refractivity contribution in [3.63, 3.8) is 0 Å². The Morgan fingerprint density at radius 1 is 0.538 bits per heavy atom. The molecule has 2 N–H and O–H groups in total. The maximum atomic E-state index is 6.17. The third-order valence-corrected chi connectivity index (χ3v) is 4.56. The van der Waals surface area contributed by atoms with Crippen molar-refractivity contribution in [2.24, 2.45) is 0 Å². The molecule has 0 saturated heterocycles. The highest BCUT2D eigenvalue weighted by Crippen LogP contribution is 2.28. The molecule has 5 aromatic carbocycles. The quantitative estimate of drug-likeness (QED) is 0.179. The van der Waals surface area contributed by atoms with E-state index in [0.29, 0.717) is 0 Å². The lowest BCUT2D eigenvalue weighted by atomic mass is 9.87. The van der Waals surface area contributed by atoms with E-state index in [1.165, 1.54) is 26.9 Å². The average Bonchev–Trinajstić information content (AvgIpc) is 2.67. The Bertz CT molecular complexity index is 1200. The van der Waals surface area contributed by atoms with Crippen LogP contribution in [0.1, 0.15) is 0 Å². The number of anilines is 1. The third-order valence-electron chi connectivity index (χ3n) is 4.56. The van der Waals surface area contributed by atoms with E-state index in [4.69, 9.17) is 13.6 Å². The minimum absolute atomic E-state index is 0.822. The van der Waals surface area contributed by atoms with Gasteiger partial charge < -0.3 is 5.73 Å². The Labute approximate surface area is 154 Å². The van der Waals surface area contributed by atoms with Crippen LogP contribution in [-0.2, 0) is 0 Å². The van der Waals surface area contributed by atoms with Gasteiger partial charge in [-0.25, -0.2) is 0 Å². The Kier molecular flexibility index (Phi) is 4.33. The lowest BCUT2D eigenvalue weighted by Crippen LogP contribution is -2.03. The minimum atomic E-state index is 0.822. The predicted octanol–water partition coefficient (Wildman–Crippen LogP) is 5.21. The van der Waals surface area contributed by atoms with Crippen molar-refractivity contribution in [2.75, 3.05) is 5.73 Å². The fourth-order valence-corrected chi connectivity index (χ4v) is 3.28. The number of rotatable bonds is 0. The SMILES string of the molecule is Nc1ccccc1.[B]c1cccc2ccc3cc4ccccc4cc3c12. The largest absolute Gasteiger partial charge is 0.399 e. The Hall–Kier alpha value is -3.26. The van der Waals surface area contributed by atoms with Crippen LogP contribution in [0.3, 0.4) is 0 Å². The van der Waals surface area contributed by atoms with Crippen molar-refractivity contribution in [2.45, 2.75) is 0 Å². The van der Waals surface area contributed by atoms with E-state index in [0.717, 1.165) is 16.5 Å². The highest BCUT2D eigenvalue weighted by Gasteiger charge is 2.04. The molecule has 0 unspecified atom stereocenters. The van der Waals surface area contributed by atoms with Gasteiger partial charge in [0.2, 0.25) is 0 Å². The molecule has 0 aliphatic carbocycles. The summed E-state index contributed by atoms with van der Waals surface area (Å²) in [7, 11) is 6.17. The number of fused-ring (bicyclic) bond motifs is 4. The van der Waals surface area contributed by atoms with Gasteiger partial charge >= 0.3 is 0 Å². The molecule has 0 fully saturated rings. The lowest BCUT2D eigenvalue weighted by molar-refractivity contribution is 1.69. The van der Waals surface area contributed by atoms with Crippen LogP contribution in [0.15, 0.2) is 97.1 Å². The van der Waals surface area contributed by atoms with Gasteiger partial charge in [-0.3, -0.25) is 0 Å². The summed E-state index contributed by atoms with van der Waals surface area (Å²) in [6, 6.07) is 32.8. The van der Waals surface area contributed by atoms with E-state index < -0.39 is 0 Å². The van der Waals surface area contributed by atoms with Crippen LogP contribution in [0.2, 0.25) is 0 Å². The van der Waals surface area contributed by atoms with Gasteiger partial charge in [0.1, 0.15) is 7.85 Å². The van der Waals surface area contributed by atoms with Crippen molar-refractivity contribution in [3.8, 4) is 0 Å². The highest BCUT2D eigenvalue weighted by molar-refractivity contribution is 6.41. The van der Waals surface area contributed by atoms with Crippen molar-refractivity contribution < 1.29 is 0 Å². The summed E-state index contributed by atoms with van der Waals surface area (Å²) in [5.74, 6) is 0. The van der Waals surface area contributed by atoms with Crippen LogP contribution in [0.4, 0.5) is 5.69 Å². The van der Waals surface area contributed by atoms with Crippen LogP contribution in [-0.4, -0.2) is 7.85 Å². The summed E-state index contributed by atoms with van der Waals surface area (Å²) in [6.07, 6.45) is 0. The van der Waals surface area contributed by atoms with E-state index in [2.05, 4.69) is 54.6 Å². The van der Waals surface area contributed by atoms with Crippen LogP contribution >= 0.6 is 0 Å². The van der Waals surface area contributed by atoms with E-state index in [1.54, 1.807) is 0 Å². The monoisotopic (exact) mass is 331 g/mol. The molecule has 0 amide bonds. The Morgan fingerprint density at radius 2 is 1.15 bits per heavy atom. The van der Waals surface area contributed by atoms with Gasteiger partial charge in [-0.1, -0.05) is 78.3 Å². The van der Waals surface area contributed by atoms with Crippen molar-refractivity contribution in [1.82, 2.24) is 0 Å². The summed E-state index contributed by atoms with van der Waals surface area (Å²) in [6.45, 7) is 0. The molecule has 122 valence electrons. The van der Waals surface area contributed by atoms with Crippen molar-refractivity contribution in [1.29, 1.82) is 0 Å². The molecule has 26 heavy (non-hydrogen) atoms. The molecule has 5 rings (SSSR count). The second-order valence-corrected chi connectivity index (χ2v) is 6.34. The fraction of sp³-hybridized carbons (Fsp3) is 0. The summed E-state index contributed by atoms with van der Waals surface area (Å²) < 4.78 is 0. The van der Waals surface area contributed by atoms with Gasteiger partial charge in [-0.05, 0) is 56.6 Å². The second-order valence-electron chi connectivity index (χ2n) is 6.34. The lowest BCUT2D eigenvalue weighted by Gasteiger charge is -2.09. The van der Waals surface area contributed by atoms with E-state index in [-0.39, 0.29) is 0 Å². The molecule has 2 radical (unpaired) electrons. The maximum absolute atomic E-state index is 6.17. The van der Waals surface area contributed by atoms with Gasteiger partial charge in [-0.2, -0.15) is 0 Å². The molecule has 0 aliphatic heterocycles. The fourth-order valence-electron chi connectivity index (χ4n) is 3.28. The number of nitrogens with two attached hydrogens (primary N) is 1. The standard InChI is InChI=1S/C18H11B.C6H7N/c19-17-7-3-6-12-8-9-15-10-13-4-1-2-5-14(13)11-16(15)18(12)17;7-6-4-2-1-3-5-6/h1-11H;1-5H,7H2. The first-order valence-corrected chi connectivity index (χ1v) is 8.62. The van der Waals surface area contributed by atoms with Crippen molar-refractivity contribution >= 4 is 51.3 Å². The van der Waals surface area contributed by atoms with Gasteiger partial charge in [0.25, 0.3) is 0 Å². The number of benzene rings is 5. The minimum Gasteiger partial charge on any atom is -0.399 e. The Morgan fingerprint density at radius 3 is 1.85 bits per heavy atom. The third kappa shape index (κ3) is 3.14. The average molecular weight is 331 g/mol. The second kappa shape index (κ2) is 6.93. The molecular formula is C24H18BN. The molecule has 0 spiro atoms. The van der Waals surface area contributed by atoms with E-state index in [9.17, 15) is 0 Å². The van der Waals surface area contributed by atoms with E-state index in [1.807, 2.05) is 42.5 Å². The first kappa shape index (κ1) is 16.2. The molecule has 0 aromatic heterocycles. The molecule has 0 saturated carbocycles. The van der Waals surface area contributed by atoms with Gasteiger partial charge in [0.05, 0.1) is 0 Å². The zero-order valence-electron chi connectivity index (χ0n) is 14.4. The number of para-hydroxylation sites is 1. The number of nitrogen functional groups attached to an aromatic ring is 1. The zero-order chi connectivity index (χ0) is 17.9. The molecule has 1 nitrogen and oxygen atoms in total. The Balaban J connectivity index is 0.000000204. The first-order chi connectivity index (χ1) is 12.7. The molecule has 2 heteroatoms. The predicted molar refractivity (Wildman–Crippen MR) is 115 cm³/mol. The number of hydrogen-bond donors (Lipinski definition) is 1. The number of hydrogen-bond acceptors (Lipinski definition) is 1. The van der Waals surface area contributed by atoms with Gasteiger partial charge in [0.15, 0.2) is 0 Å².